The predicted octanol–water partition coefficient (Wildman–Crippen LogP) is 2.25. The SMILES string of the molecule is Cc1cc(=O)c2c(F)cc(F)c(F)c2[nH]1. The van der Waals surface area contributed by atoms with Gasteiger partial charge in [-0.25, -0.2) is 13.2 Å². The third-order valence-corrected chi connectivity index (χ3v) is 2.09. The van der Waals surface area contributed by atoms with Crippen molar-refractivity contribution in [2.24, 2.45) is 0 Å². The number of hydrogen-bond donors (Lipinski definition) is 1. The summed E-state index contributed by atoms with van der Waals surface area (Å²) < 4.78 is 39.3. The number of rotatable bonds is 0. The first kappa shape index (κ1) is 9.76. The van der Waals surface area contributed by atoms with Gasteiger partial charge in [-0.3, -0.25) is 4.79 Å². The molecule has 0 saturated heterocycles. The number of aromatic amines is 1. The molecule has 0 amide bonds. The molecule has 1 N–H and O–H groups in total. The van der Waals surface area contributed by atoms with E-state index in [1.54, 1.807) is 0 Å². The summed E-state index contributed by atoms with van der Waals surface area (Å²) in [4.78, 5) is 13.8. The molecule has 0 radical (unpaired) electrons. The standard InChI is InChI=1S/C10H6F3NO/c1-4-2-7(15)8-5(11)3-6(12)9(13)10(8)14-4/h2-3H,1H3,(H,14,15). The smallest absolute Gasteiger partial charge is 0.192 e. The minimum Gasteiger partial charge on any atom is -0.356 e. The molecule has 0 aliphatic rings. The lowest BCUT2D eigenvalue weighted by atomic mass is 10.1. The number of nitrogens with one attached hydrogen (secondary N) is 1. The zero-order chi connectivity index (χ0) is 11.2. The summed E-state index contributed by atoms with van der Waals surface area (Å²) in [6, 6.07) is 1.49. The molecule has 78 valence electrons. The monoisotopic (exact) mass is 213 g/mol. The second kappa shape index (κ2) is 3.12. The number of H-pyrrole nitrogens is 1. The van der Waals surface area contributed by atoms with Gasteiger partial charge in [0.2, 0.25) is 0 Å². The number of benzene rings is 1. The molecule has 5 heteroatoms. The zero-order valence-electron chi connectivity index (χ0n) is 7.70. The molecule has 2 aromatic rings. The molecular formula is C10H6F3NO. The Balaban J connectivity index is 3.10. The maximum atomic E-state index is 13.2. The van der Waals surface area contributed by atoms with Gasteiger partial charge in [-0.15, -0.1) is 0 Å². The number of pyridine rings is 1. The van der Waals surface area contributed by atoms with Crippen LogP contribution in [0.2, 0.25) is 0 Å². The Bertz CT molecular complexity index is 604. The average Bonchev–Trinajstić information content (AvgIpc) is 2.12. The molecule has 0 saturated carbocycles. The molecule has 2 nitrogen and oxygen atoms in total. The van der Waals surface area contributed by atoms with Crippen LogP contribution in [0.15, 0.2) is 16.9 Å². The van der Waals surface area contributed by atoms with E-state index in [-0.39, 0.29) is 0 Å². The second-order valence-electron chi connectivity index (χ2n) is 3.22. The summed E-state index contributed by atoms with van der Waals surface area (Å²) in [5.74, 6) is -3.63. The van der Waals surface area contributed by atoms with Gasteiger partial charge in [-0.2, -0.15) is 0 Å². The molecule has 0 atom stereocenters. The van der Waals surface area contributed by atoms with Crippen molar-refractivity contribution in [1.29, 1.82) is 0 Å². The molecule has 0 aliphatic heterocycles. The minimum atomic E-state index is -1.32. The number of aryl methyl sites for hydroxylation is 1. The third-order valence-electron chi connectivity index (χ3n) is 2.09. The first-order chi connectivity index (χ1) is 7.00. The van der Waals surface area contributed by atoms with E-state index in [1.165, 1.54) is 6.92 Å². The lowest BCUT2D eigenvalue weighted by Gasteiger charge is -2.03. The Labute approximate surface area is 82.4 Å². The lowest BCUT2D eigenvalue weighted by molar-refractivity contribution is 0.504. The molecule has 2 rings (SSSR count). The maximum Gasteiger partial charge on any atom is 0.192 e. The molecule has 0 fully saturated rings. The highest BCUT2D eigenvalue weighted by Crippen LogP contribution is 2.19. The van der Waals surface area contributed by atoms with Crippen LogP contribution in [0.25, 0.3) is 10.9 Å². The molecule has 1 aromatic carbocycles. The summed E-state index contributed by atoms with van der Waals surface area (Å²) in [7, 11) is 0. The van der Waals surface area contributed by atoms with Crippen LogP contribution in [0.1, 0.15) is 5.69 Å². The lowest BCUT2D eigenvalue weighted by Crippen LogP contribution is -2.07. The molecule has 0 spiro atoms. The van der Waals surface area contributed by atoms with Crippen LogP contribution in [0.3, 0.4) is 0 Å². The predicted molar refractivity (Wildman–Crippen MR) is 49.2 cm³/mol. The molecule has 1 aromatic heterocycles. The van der Waals surface area contributed by atoms with Gasteiger partial charge in [-0.05, 0) is 6.92 Å². The largest absolute Gasteiger partial charge is 0.356 e. The minimum absolute atomic E-state index is 0.344. The molecule has 1 heterocycles. The van der Waals surface area contributed by atoms with E-state index in [0.29, 0.717) is 11.8 Å². The van der Waals surface area contributed by atoms with Gasteiger partial charge in [0, 0.05) is 17.8 Å². The van der Waals surface area contributed by atoms with Crippen molar-refractivity contribution in [3.8, 4) is 0 Å². The second-order valence-corrected chi connectivity index (χ2v) is 3.22. The first-order valence-electron chi connectivity index (χ1n) is 4.18. The van der Waals surface area contributed by atoms with E-state index in [4.69, 9.17) is 0 Å². The van der Waals surface area contributed by atoms with Crippen molar-refractivity contribution >= 4 is 10.9 Å². The summed E-state index contributed by atoms with van der Waals surface area (Å²) >= 11 is 0. The van der Waals surface area contributed by atoms with Gasteiger partial charge in [0.15, 0.2) is 17.1 Å². The van der Waals surface area contributed by atoms with E-state index in [0.717, 1.165) is 6.07 Å². The van der Waals surface area contributed by atoms with Crippen LogP contribution in [0, 0.1) is 24.4 Å². The van der Waals surface area contributed by atoms with Gasteiger partial charge < -0.3 is 4.98 Å². The van der Waals surface area contributed by atoms with Crippen LogP contribution < -0.4 is 5.43 Å². The maximum absolute atomic E-state index is 13.2. The van der Waals surface area contributed by atoms with Crippen molar-refractivity contribution in [1.82, 2.24) is 4.98 Å². The molecule has 0 bridgehead atoms. The van der Waals surface area contributed by atoms with Crippen molar-refractivity contribution < 1.29 is 13.2 Å². The Kier molecular flexibility index (Phi) is 2.03. The van der Waals surface area contributed by atoms with E-state index < -0.39 is 33.8 Å². The zero-order valence-corrected chi connectivity index (χ0v) is 7.70. The Morgan fingerprint density at radius 2 is 1.80 bits per heavy atom. The molecular weight excluding hydrogens is 207 g/mol. The van der Waals surface area contributed by atoms with Gasteiger partial charge in [0.05, 0.1) is 10.9 Å². The molecule has 15 heavy (non-hydrogen) atoms. The highest BCUT2D eigenvalue weighted by atomic mass is 19.2. The van der Waals surface area contributed by atoms with Gasteiger partial charge in [0.25, 0.3) is 0 Å². The topological polar surface area (TPSA) is 32.9 Å². The van der Waals surface area contributed by atoms with E-state index in [2.05, 4.69) is 4.98 Å². The van der Waals surface area contributed by atoms with Crippen LogP contribution >= 0.6 is 0 Å². The van der Waals surface area contributed by atoms with E-state index >= 15 is 0 Å². The number of halogens is 3. The fourth-order valence-corrected chi connectivity index (χ4v) is 1.46. The van der Waals surface area contributed by atoms with Crippen LogP contribution in [0.5, 0.6) is 0 Å². The van der Waals surface area contributed by atoms with Crippen LogP contribution in [0.4, 0.5) is 13.2 Å². The fraction of sp³-hybridized carbons (Fsp3) is 0.100. The summed E-state index contributed by atoms with van der Waals surface area (Å²) in [6.45, 7) is 1.50. The molecule has 0 aliphatic carbocycles. The van der Waals surface area contributed by atoms with Gasteiger partial charge in [0.1, 0.15) is 5.82 Å². The van der Waals surface area contributed by atoms with Crippen molar-refractivity contribution in [3.63, 3.8) is 0 Å². The fourth-order valence-electron chi connectivity index (χ4n) is 1.46. The quantitative estimate of drug-likeness (QED) is 0.669. The highest BCUT2D eigenvalue weighted by molar-refractivity contribution is 5.79. The van der Waals surface area contributed by atoms with Crippen molar-refractivity contribution in [2.45, 2.75) is 6.92 Å². The van der Waals surface area contributed by atoms with E-state index in [1.807, 2.05) is 0 Å². The van der Waals surface area contributed by atoms with Crippen molar-refractivity contribution in [3.05, 3.63) is 45.5 Å². The third kappa shape index (κ3) is 1.40. The van der Waals surface area contributed by atoms with Gasteiger partial charge >= 0.3 is 0 Å². The summed E-state index contributed by atoms with van der Waals surface area (Å²) in [5, 5.41) is -0.459. The number of fused-ring (bicyclic) bond motifs is 1. The van der Waals surface area contributed by atoms with Crippen LogP contribution in [-0.4, -0.2) is 4.98 Å². The van der Waals surface area contributed by atoms with Crippen molar-refractivity contribution in [2.75, 3.05) is 0 Å². The number of hydrogen-bond acceptors (Lipinski definition) is 1. The highest BCUT2D eigenvalue weighted by Gasteiger charge is 2.15. The normalized spacial score (nSPS) is 10.9. The Morgan fingerprint density at radius 3 is 2.47 bits per heavy atom. The first-order valence-corrected chi connectivity index (χ1v) is 4.18. The van der Waals surface area contributed by atoms with Crippen LogP contribution in [-0.2, 0) is 0 Å². The molecule has 0 unspecified atom stereocenters. The Morgan fingerprint density at radius 1 is 1.13 bits per heavy atom. The Hall–Kier alpha value is -1.78. The number of aromatic nitrogens is 1. The average molecular weight is 213 g/mol. The summed E-state index contributed by atoms with van der Waals surface area (Å²) in [6.07, 6.45) is 0. The summed E-state index contributed by atoms with van der Waals surface area (Å²) in [5.41, 5.74) is -0.758. The van der Waals surface area contributed by atoms with Gasteiger partial charge in [-0.1, -0.05) is 0 Å². The van der Waals surface area contributed by atoms with E-state index in [9.17, 15) is 18.0 Å².